The zero-order valence-corrected chi connectivity index (χ0v) is 12.1. The number of nitrogens with zero attached hydrogens (tertiary/aromatic N) is 1. The molecule has 0 saturated heterocycles. The fraction of sp³-hybridized carbons (Fsp3) is 0.0833. The van der Waals surface area contributed by atoms with Crippen LogP contribution in [0.5, 0.6) is 0 Å². The van der Waals surface area contributed by atoms with E-state index in [9.17, 15) is 14.0 Å². The van der Waals surface area contributed by atoms with Gasteiger partial charge >= 0.3 is 0 Å². The Morgan fingerprint density at radius 1 is 1.42 bits per heavy atom. The van der Waals surface area contributed by atoms with Crippen LogP contribution in [0.25, 0.3) is 0 Å². The van der Waals surface area contributed by atoms with E-state index in [1.165, 1.54) is 24.4 Å². The van der Waals surface area contributed by atoms with Crippen molar-refractivity contribution in [1.29, 1.82) is 0 Å². The van der Waals surface area contributed by atoms with E-state index in [4.69, 9.17) is 0 Å². The molecule has 0 aliphatic carbocycles. The molecule has 0 unspecified atom stereocenters. The summed E-state index contributed by atoms with van der Waals surface area (Å²) in [6.07, 6.45) is 0. The highest BCUT2D eigenvalue weighted by atomic mass is 79.9. The molecular formula is C12H8BrFN2O2S. The molecule has 0 radical (unpaired) electrons. The number of ketones is 1. The van der Waals surface area contributed by atoms with Gasteiger partial charge in [0, 0.05) is 12.3 Å². The van der Waals surface area contributed by atoms with Crippen LogP contribution in [0.2, 0.25) is 0 Å². The maximum absolute atomic E-state index is 13.7. The lowest BCUT2D eigenvalue weighted by molar-refractivity contribution is 0.100. The van der Waals surface area contributed by atoms with E-state index < -0.39 is 11.7 Å². The van der Waals surface area contributed by atoms with E-state index in [2.05, 4.69) is 26.2 Å². The summed E-state index contributed by atoms with van der Waals surface area (Å²) in [4.78, 5) is 26.9. The molecule has 1 amide bonds. The van der Waals surface area contributed by atoms with Crippen molar-refractivity contribution < 1.29 is 14.0 Å². The van der Waals surface area contributed by atoms with Crippen LogP contribution in [0.3, 0.4) is 0 Å². The van der Waals surface area contributed by atoms with Crippen LogP contribution in [0.1, 0.15) is 27.8 Å². The molecule has 1 N–H and O–H groups in total. The maximum atomic E-state index is 13.7. The normalized spacial score (nSPS) is 10.3. The van der Waals surface area contributed by atoms with E-state index in [0.29, 0.717) is 0 Å². The SMILES string of the molecule is CC(=O)c1csc(NC(=O)c2cccc(Br)c2F)n1. The molecule has 1 aromatic heterocycles. The standard InChI is InChI=1S/C12H8BrFN2O2S/c1-6(17)9-5-19-12(15-9)16-11(18)7-3-2-4-8(13)10(7)14/h2-5H,1H3,(H,15,16,18). The molecule has 2 aromatic rings. The fourth-order valence-electron chi connectivity index (χ4n) is 1.34. The van der Waals surface area contributed by atoms with E-state index in [-0.39, 0.29) is 26.6 Å². The number of carbonyl (C=O) groups is 2. The number of Topliss-reactive ketones (excluding diaryl/α,β-unsaturated/α-hetero) is 1. The summed E-state index contributed by atoms with van der Waals surface area (Å²) in [5, 5.41) is 4.25. The molecule has 0 aliphatic rings. The van der Waals surface area contributed by atoms with Gasteiger partial charge in [-0.05, 0) is 28.1 Å². The second-order valence-corrected chi connectivity index (χ2v) is 5.36. The van der Waals surface area contributed by atoms with Gasteiger partial charge in [-0.3, -0.25) is 14.9 Å². The number of thiazole rings is 1. The molecule has 0 saturated carbocycles. The molecule has 1 heterocycles. The van der Waals surface area contributed by atoms with E-state index in [1.54, 1.807) is 6.07 Å². The summed E-state index contributed by atoms with van der Waals surface area (Å²) in [7, 11) is 0. The Kier molecular flexibility index (Phi) is 4.06. The van der Waals surface area contributed by atoms with E-state index >= 15 is 0 Å². The van der Waals surface area contributed by atoms with Gasteiger partial charge in [0.25, 0.3) is 5.91 Å². The summed E-state index contributed by atoms with van der Waals surface area (Å²) < 4.78 is 13.9. The van der Waals surface area contributed by atoms with Gasteiger partial charge in [-0.2, -0.15) is 0 Å². The first kappa shape index (κ1) is 13.8. The van der Waals surface area contributed by atoms with Gasteiger partial charge in [-0.25, -0.2) is 9.37 Å². The Labute approximate surface area is 120 Å². The van der Waals surface area contributed by atoms with Crippen molar-refractivity contribution in [2.24, 2.45) is 0 Å². The van der Waals surface area contributed by atoms with Crippen molar-refractivity contribution in [2.75, 3.05) is 5.32 Å². The molecule has 0 bridgehead atoms. The molecule has 0 aliphatic heterocycles. The second kappa shape index (κ2) is 5.58. The molecule has 19 heavy (non-hydrogen) atoms. The number of rotatable bonds is 3. The Hall–Kier alpha value is -1.60. The smallest absolute Gasteiger partial charge is 0.260 e. The number of hydrogen-bond acceptors (Lipinski definition) is 4. The van der Waals surface area contributed by atoms with Crippen LogP contribution in [0.4, 0.5) is 9.52 Å². The molecule has 98 valence electrons. The largest absolute Gasteiger partial charge is 0.298 e. The van der Waals surface area contributed by atoms with Gasteiger partial charge in [0.1, 0.15) is 11.5 Å². The van der Waals surface area contributed by atoms with E-state index in [1.807, 2.05) is 0 Å². The maximum Gasteiger partial charge on any atom is 0.260 e. The zero-order valence-electron chi connectivity index (χ0n) is 9.74. The van der Waals surface area contributed by atoms with Crippen LogP contribution in [0.15, 0.2) is 28.1 Å². The Morgan fingerprint density at radius 3 is 2.79 bits per heavy atom. The summed E-state index contributed by atoms with van der Waals surface area (Å²) in [6, 6.07) is 4.43. The van der Waals surface area contributed by atoms with Gasteiger partial charge in [-0.1, -0.05) is 6.07 Å². The van der Waals surface area contributed by atoms with Crippen molar-refractivity contribution in [1.82, 2.24) is 4.98 Å². The minimum absolute atomic E-state index is 0.0889. The van der Waals surface area contributed by atoms with Crippen molar-refractivity contribution >= 4 is 44.1 Å². The number of halogens is 2. The third-order valence-electron chi connectivity index (χ3n) is 2.28. The summed E-state index contributed by atoms with van der Waals surface area (Å²) in [5.41, 5.74) is 0.184. The van der Waals surface area contributed by atoms with Crippen LogP contribution >= 0.6 is 27.3 Å². The van der Waals surface area contributed by atoms with Gasteiger partial charge in [0.05, 0.1) is 10.0 Å². The zero-order chi connectivity index (χ0) is 14.0. The molecule has 0 spiro atoms. The Bertz CT molecular complexity index is 657. The van der Waals surface area contributed by atoms with Gasteiger partial charge < -0.3 is 0 Å². The molecular weight excluding hydrogens is 335 g/mol. The first-order valence-corrected chi connectivity index (χ1v) is 6.88. The second-order valence-electron chi connectivity index (χ2n) is 3.65. The third kappa shape index (κ3) is 3.05. The Balaban J connectivity index is 2.21. The van der Waals surface area contributed by atoms with Crippen LogP contribution in [0, 0.1) is 5.82 Å². The minimum atomic E-state index is -0.636. The highest BCUT2D eigenvalue weighted by Gasteiger charge is 2.15. The summed E-state index contributed by atoms with van der Waals surface area (Å²) >= 11 is 4.12. The van der Waals surface area contributed by atoms with Gasteiger partial charge in [-0.15, -0.1) is 11.3 Å². The molecule has 2 rings (SSSR count). The quantitative estimate of drug-likeness (QED) is 0.868. The highest BCUT2D eigenvalue weighted by Crippen LogP contribution is 2.21. The van der Waals surface area contributed by atoms with Crippen LogP contribution in [-0.4, -0.2) is 16.7 Å². The topological polar surface area (TPSA) is 59.1 Å². The van der Waals surface area contributed by atoms with Crippen molar-refractivity contribution in [2.45, 2.75) is 6.92 Å². The predicted octanol–water partition coefficient (Wildman–Crippen LogP) is 3.50. The fourth-order valence-corrected chi connectivity index (χ4v) is 2.45. The molecule has 0 fully saturated rings. The lowest BCUT2D eigenvalue weighted by atomic mass is 10.2. The predicted molar refractivity (Wildman–Crippen MR) is 74.2 cm³/mol. The van der Waals surface area contributed by atoms with E-state index in [0.717, 1.165) is 11.3 Å². The van der Waals surface area contributed by atoms with Gasteiger partial charge in [0.2, 0.25) is 0 Å². The summed E-state index contributed by atoms with van der Waals surface area (Å²) in [6.45, 7) is 1.38. The van der Waals surface area contributed by atoms with Crippen molar-refractivity contribution in [3.8, 4) is 0 Å². The average Bonchev–Trinajstić information content (AvgIpc) is 2.81. The minimum Gasteiger partial charge on any atom is -0.298 e. The van der Waals surface area contributed by atoms with Crippen molar-refractivity contribution in [3.63, 3.8) is 0 Å². The van der Waals surface area contributed by atoms with Crippen LogP contribution < -0.4 is 5.32 Å². The number of aromatic nitrogens is 1. The molecule has 0 atom stereocenters. The summed E-state index contributed by atoms with van der Waals surface area (Å²) in [5.74, 6) is -1.43. The lowest BCUT2D eigenvalue weighted by Gasteiger charge is -2.04. The monoisotopic (exact) mass is 342 g/mol. The number of hydrogen-bond donors (Lipinski definition) is 1. The number of nitrogens with one attached hydrogen (secondary N) is 1. The third-order valence-corrected chi connectivity index (χ3v) is 3.65. The van der Waals surface area contributed by atoms with Crippen LogP contribution in [-0.2, 0) is 0 Å². The molecule has 7 heteroatoms. The molecule has 1 aromatic carbocycles. The first-order chi connectivity index (χ1) is 8.99. The number of amides is 1. The highest BCUT2D eigenvalue weighted by molar-refractivity contribution is 9.10. The molecule has 4 nitrogen and oxygen atoms in total. The van der Waals surface area contributed by atoms with Gasteiger partial charge in [0.15, 0.2) is 10.9 Å². The number of benzene rings is 1. The first-order valence-electron chi connectivity index (χ1n) is 5.21. The van der Waals surface area contributed by atoms with Crippen molar-refractivity contribution in [3.05, 3.63) is 45.1 Å². The lowest BCUT2D eigenvalue weighted by Crippen LogP contribution is -2.14. The Morgan fingerprint density at radius 2 is 2.16 bits per heavy atom. The number of carbonyl (C=O) groups excluding carboxylic acids is 2. The number of anilines is 1. The average molecular weight is 343 g/mol.